The zero-order chi connectivity index (χ0) is 15.8. The van der Waals surface area contributed by atoms with Crippen LogP contribution in [0.1, 0.15) is 13.3 Å². The highest BCUT2D eigenvalue weighted by Crippen LogP contribution is 2.31. The molecule has 3 atom stereocenters. The summed E-state index contributed by atoms with van der Waals surface area (Å²) in [5.74, 6) is -1.93. The highest BCUT2D eigenvalue weighted by atomic mass is 32.2. The summed E-state index contributed by atoms with van der Waals surface area (Å²) >= 11 is 0. The van der Waals surface area contributed by atoms with E-state index >= 15 is 0 Å². The lowest BCUT2D eigenvalue weighted by molar-refractivity contribution is -0.146. The molecule has 3 N–H and O–H groups in total. The second-order valence-corrected chi connectivity index (χ2v) is 8.13. The van der Waals surface area contributed by atoms with Crippen LogP contribution in [-0.2, 0) is 24.2 Å². The summed E-state index contributed by atoms with van der Waals surface area (Å²) in [7, 11) is -3.32. The molecule has 0 aromatic heterocycles. The first kappa shape index (κ1) is 16.2. The van der Waals surface area contributed by atoms with Crippen molar-refractivity contribution in [2.75, 3.05) is 31.3 Å². The van der Waals surface area contributed by atoms with E-state index in [1.807, 2.05) is 0 Å². The Balaban J connectivity index is 2.23. The molecule has 0 aliphatic carbocycles. The van der Waals surface area contributed by atoms with Gasteiger partial charge in [-0.3, -0.25) is 9.59 Å². The fraction of sp³-hybridized carbons (Fsp3) is 0.833. The standard InChI is InChI=1S/C12H20N2O6S/c1-12(7-20-5-9(12)13)11(17)14-2-3-21(18,19)6-8(14)4-10(15)16/h8-9H,2-7,13H2,1H3,(H,15,16). The zero-order valence-electron chi connectivity index (χ0n) is 11.8. The molecule has 0 radical (unpaired) electrons. The number of amides is 1. The van der Waals surface area contributed by atoms with Crippen LogP contribution in [0, 0.1) is 5.41 Å². The molecule has 2 fully saturated rings. The van der Waals surface area contributed by atoms with Gasteiger partial charge in [0.1, 0.15) is 0 Å². The molecule has 0 saturated carbocycles. The Bertz CT molecular complexity index is 548. The highest BCUT2D eigenvalue weighted by molar-refractivity contribution is 7.91. The maximum Gasteiger partial charge on any atom is 0.305 e. The van der Waals surface area contributed by atoms with Crippen molar-refractivity contribution in [1.29, 1.82) is 0 Å². The Kier molecular flexibility index (Phi) is 4.27. The summed E-state index contributed by atoms with van der Waals surface area (Å²) in [4.78, 5) is 25.0. The molecule has 2 saturated heterocycles. The van der Waals surface area contributed by atoms with E-state index in [4.69, 9.17) is 15.6 Å². The van der Waals surface area contributed by atoms with Crippen molar-refractivity contribution in [3.8, 4) is 0 Å². The Hall–Kier alpha value is -1.19. The molecule has 0 bridgehead atoms. The number of aliphatic carboxylic acids is 1. The minimum absolute atomic E-state index is 0.00141. The van der Waals surface area contributed by atoms with Crippen molar-refractivity contribution in [3.05, 3.63) is 0 Å². The van der Waals surface area contributed by atoms with E-state index in [0.29, 0.717) is 0 Å². The number of nitrogens with two attached hydrogens (primary N) is 1. The van der Waals surface area contributed by atoms with E-state index < -0.39 is 39.7 Å². The maximum atomic E-state index is 12.7. The highest BCUT2D eigenvalue weighted by Gasteiger charge is 2.49. The monoisotopic (exact) mass is 320 g/mol. The van der Waals surface area contributed by atoms with Crippen molar-refractivity contribution < 1.29 is 27.9 Å². The third-order valence-corrected chi connectivity index (χ3v) is 5.90. The molecule has 0 aromatic rings. The number of carboxylic acids is 1. The molecule has 0 spiro atoms. The first-order chi connectivity index (χ1) is 9.66. The normalized spacial score (nSPS) is 35.6. The zero-order valence-corrected chi connectivity index (χ0v) is 12.6. The SMILES string of the molecule is CC1(C(=O)N2CCS(=O)(=O)CC2CC(=O)O)COCC1N. The minimum Gasteiger partial charge on any atom is -0.481 e. The summed E-state index contributed by atoms with van der Waals surface area (Å²) in [6.45, 7) is 2.10. The molecular formula is C12H20N2O6S. The molecule has 2 aliphatic rings. The van der Waals surface area contributed by atoms with Crippen molar-refractivity contribution in [1.82, 2.24) is 4.90 Å². The van der Waals surface area contributed by atoms with E-state index in [9.17, 15) is 18.0 Å². The average molecular weight is 320 g/mol. The fourth-order valence-corrected chi connectivity index (χ4v) is 4.29. The Morgan fingerprint density at radius 2 is 2.14 bits per heavy atom. The maximum absolute atomic E-state index is 12.7. The van der Waals surface area contributed by atoms with Crippen molar-refractivity contribution in [3.63, 3.8) is 0 Å². The third kappa shape index (κ3) is 3.19. The first-order valence-electron chi connectivity index (χ1n) is 6.72. The summed E-state index contributed by atoms with van der Waals surface area (Å²) in [5, 5.41) is 8.93. The topological polar surface area (TPSA) is 127 Å². The fourth-order valence-electron chi connectivity index (χ4n) is 2.76. The van der Waals surface area contributed by atoms with Gasteiger partial charge in [0.2, 0.25) is 5.91 Å². The van der Waals surface area contributed by atoms with Crippen LogP contribution >= 0.6 is 0 Å². The molecular weight excluding hydrogens is 300 g/mol. The Morgan fingerprint density at radius 3 is 2.67 bits per heavy atom. The second kappa shape index (κ2) is 5.54. The van der Waals surface area contributed by atoms with Gasteiger partial charge in [-0.1, -0.05) is 0 Å². The lowest BCUT2D eigenvalue weighted by Crippen LogP contribution is -2.59. The van der Waals surface area contributed by atoms with Gasteiger partial charge in [0.25, 0.3) is 0 Å². The number of sulfone groups is 1. The number of carbonyl (C=O) groups excluding carboxylic acids is 1. The van der Waals surface area contributed by atoms with E-state index in [-0.39, 0.29) is 37.2 Å². The molecule has 120 valence electrons. The smallest absolute Gasteiger partial charge is 0.305 e. The van der Waals surface area contributed by atoms with E-state index in [1.165, 1.54) is 4.90 Å². The van der Waals surface area contributed by atoms with Gasteiger partial charge < -0.3 is 20.5 Å². The number of hydrogen-bond donors (Lipinski definition) is 2. The van der Waals surface area contributed by atoms with Crippen molar-refractivity contribution in [2.45, 2.75) is 25.4 Å². The van der Waals surface area contributed by atoms with Crippen LogP contribution in [0.3, 0.4) is 0 Å². The largest absolute Gasteiger partial charge is 0.481 e. The van der Waals surface area contributed by atoms with Gasteiger partial charge >= 0.3 is 5.97 Å². The molecule has 2 rings (SSSR count). The van der Waals surface area contributed by atoms with Crippen LogP contribution in [0.15, 0.2) is 0 Å². The molecule has 21 heavy (non-hydrogen) atoms. The van der Waals surface area contributed by atoms with Crippen LogP contribution in [-0.4, -0.2) is 73.6 Å². The second-order valence-electron chi connectivity index (χ2n) is 5.90. The predicted molar refractivity (Wildman–Crippen MR) is 73.3 cm³/mol. The van der Waals surface area contributed by atoms with E-state index in [1.54, 1.807) is 6.92 Å². The van der Waals surface area contributed by atoms with E-state index in [2.05, 4.69) is 0 Å². The van der Waals surface area contributed by atoms with Crippen LogP contribution < -0.4 is 5.73 Å². The van der Waals surface area contributed by atoms with Gasteiger partial charge in [-0.15, -0.1) is 0 Å². The summed E-state index contributed by atoms with van der Waals surface area (Å²) in [6.07, 6.45) is -0.392. The van der Waals surface area contributed by atoms with Gasteiger partial charge in [-0.25, -0.2) is 8.42 Å². The average Bonchev–Trinajstić information content (AvgIpc) is 2.68. The number of carbonyl (C=O) groups is 2. The predicted octanol–water partition coefficient (Wildman–Crippen LogP) is -1.55. The van der Waals surface area contributed by atoms with E-state index in [0.717, 1.165) is 0 Å². The molecule has 9 heteroatoms. The minimum atomic E-state index is -3.32. The number of nitrogens with zero attached hydrogens (tertiary/aromatic N) is 1. The lowest BCUT2D eigenvalue weighted by atomic mass is 9.83. The van der Waals surface area contributed by atoms with Crippen molar-refractivity contribution in [2.24, 2.45) is 11.1 Å². The quantitative estimate of drug-likeness (QED) is 0.644. The first-order valence-corrected chi connectivity index (χ1v) is 8.54. The number of hydrogen-bond acceptors (Lipinski definition) is 6. The van der Waals surface area contributed by atoms with Crippen LogP contribution in [0.4, 0.5) is 0 Å². The van der Waals surface area contributed by atoms with Gasteiger partial charge in [-0.2, -0.15) is 0 Å². The molecule has 1 amide bonds. The Labute approximate surface area is 123 Å². The van der Waals surface area contributed by atoms with Gasteiger partial charge in [-0.05, 0) is 6.92 Å². The van der Waals surface area contributed by atoms with Crippen LogP contribution in [0.25, 0.3) is 0 Å². The Morgan fingerprint density at radius 1 is 1.48 bits per heavy atom. The summed E-state index contributed by atoms with van der Waals surface area (Å²) in [5.41, 5.74) is 4.98. The number of carboxylic acid groups (broad SMARTS) is 1. The lowest BCUT2D eigenvalue weighted by Gasteiger charge is -2.40. The molecule has 2 aliphatic heterocycles. The van der Waals surface area contributed by atoms with Crippen LogP contribution in [0.2, 0.25) is 0 Å². The molecule has 2 heterocycles. The van der Waals surface area contributed by atoms with Gasteiger partial charge in [0.05, 0.1) is 42.6 Å². The summed E-state index contributed by atoms with van der Waals surface area (Å²) in [6, 6.07) is -1.33. The van der Waals surface area contributed by atoms with Crippen molar-refractivity contribution >= 4 is 21.7 Å². The third-order valence-electron chi connectivity index (χ3n) is 4.21. The molecule has 8 nitrogen and oxygen atoms in total. The summed E-state index contributed by atoms with van der Waals surface area (Å²) < 4.78 is 28.6. The van der Waals surface area contributed by atoms with Gasteiger partial charge in [0, 0.05) is 12.6 Å². The van der Waals surface area contributed by atoms with Gasteiger partial charge in [0.15, 0.2) is 9.84 Å². The molecule has 0 aromatic carbocycles. The molecule has 3 unspecified atom stereocenters. The number of rotatable bonds is 3. The van der Waals surface area contributed by atoms with Crippen LogP contribution in [0.5, 0.6) is 0 Å². The number of ether oxygens (including phenoxy) is 1.